The Morgan fingerprint density at radius 2 is 1.94 bits per heavy atom. The lowest BCUT2D eigenvalue weighted by atomic mass is 10.2. The van der Waals surface area contributed by atoms with Crippen LogP contribution < -0.4 is 4.90 Å². The van der Waals surface area contributed by atoms with Crippen LogP contribution in [0.3, 0.4) is 0 Å². The maximum Gasteiger partial charge on any atom is 0.186 e. The normalized spacial score (nSPS) is 22.6. The first-order chi connectivity index (χ1) is 8.86. The van der Waals surface area contributed by atoms with Crippen LogP contribution in [-0.4, -0.2) is 48.4 Å². The van der Waals surface area contributed by atoms with Crippen molar-refractivity contribution in [2.24, 2.45) is 0 Å². The van der Waals surface area contributed by atoms with Crippen LogP contribution >= 0.6 is 11.3 Å². The number of nitrogens with zero attached hydrogens (tertiary/aromatic N) is 3. The zero-order chi connectivity index (χ0) is 12.4. The van der Waals surface area contributed by atoms with Gasteiger partial charge in [0, 0.05) is 32.2 Å². The minimum Gasteiger partial charge on any atom is -0.346 e. The predicted molar refractivity (Wildman–Crippen MR) is 73.5 cm³/mol. The minimum absolute atomic E-state index is 0.725. The number of hydrogen-bond donors (Lipinski definition) is 0. The third-order valence-corrected chi connectivity index (χ3v) is 5.04. The highest BCUT2D eigenvalue weighted by Crippen LogP contribution is 2.27. The fraction of sp³-hybridized carbons (Fsp3) is 0.692. The van der Waals surface area contributed by atoms with Crippen molar-refractivity contribution in [3.05, 3.63) is 11.1 Å². The van der Waals surface area contributed by atoms with Crippen LogP contribution in [0.2, 0.25) is 0 Å². The molecule has 3 rings (SSSR count). The first-order valence-electron chi connectivity index (χ1n) is 6.77. The molecule has 1 aliphatic heterocycles. The smallest absolute Gasteiger partial charge is 0.186 e. The van der Waals surface area contributed by atoms with E-state index in [2.05, 4.69) is 14.8 Å². The number of carbonyl (C=O) groups is 1. The Bertz CT molecular complexity index is 406. The molecule has 2 heterocycles. The molecule has 0 bridgehead atoms. The molecule has 2 fully saturated rings. The topological polar surface area (TPSA) is 36.4 Å². The third kappa shape index (κ3) is 2.42. The molecule has 1 aromatic rings. The highest BCUT2D eigenvalue weighted by Gasteiger charge is 2.26. The first-order valence-corrected chi connectivity index (χ1v) is 7.58. The summed E-state index contributed by atoms with van der Waals surface area (Å²) in [6.45, 7) is 4.37. The van der Waals surface area contributed by atoms with E-state index in [4.69, 9.17) is 0 Å². The third-order valence-electron chi connectivity index (χ3n) is 4.05. The number of aldehydes is 1. The van der Waals surface area contributed by atoms with Gasteiger partial charge in [0.25, 0.3) is 0 Å². The predicted octanol–water partition coefficient (Wildman–Crippen LogP) is 2.02. The molecule has 0 spiro atoms. The van der Waals surface area contributed by atoms with E-state index in [1.165, 1.54) is 37.0 Å². The van der Waals surface area contributed by atoms with Crippen LogP contribution in [0, 0.1) is 0 Å². The minimum atomic E-state index is 0.725. The van der Waals surface area contributed by atoms with Crippen molar-refractivity contribution >= 4 is 22.8 Å². The largest absolute Gasteiger partial charge is 0.346 e. The van der Waals surface area contributed by atoms with Gasteiger partial charge in [-0.25, -0.2) is 4.98 Å². The van der Waals surface area contributed by atoms with Gasteiger partial charge >= 0.3 is 0 Å². The summed E-state index contributed by atoms with van der Waals surface area (Å²) in [5.74, 6) is 0. The van der Waals surface area contributed by atoms with Gasteiger partial charge in [0.05, 0.1) is 11.1 Å². The van der Waals surface area contributed by atoms with Crippen molar-refractivity contribution in [3.63, 3.8) is 0 Å². The van der Waals surface area contributed by atoms with Crippen molar-refractivity contribution in [2.75, 3.05) is 31.1 Å². The number of anilines is 1. The summed E-state index contributed by atoms with van der Waals surface area (Å²) in [6.07, 6.45) is 8.13. The zero-order valence-electron chi connectivity index (χ0n) is 10.5. The molecule has 0 amide bonds. The molecule has 18 heavy (non-hydrogen) atoms. The molecule has 1 saturated heterocycles. The van der Waals surface area contributed by atoms with Crippen LogP contribution in [0.4, 0.5) is 5.13 Å². The quantitative estimate of drug-likeness (QED) is 0.784. The number of carbonyl (C=O) groups excluding carboxylic acids is 1. The van der Waals surface area contributed by atoms with Crippen LogP contribution in [0.1, 0.15) is 35.4 Å². The Labute approximate surface area is 112 Å². The molecule has 98 valence electrons. The molecule has 1 aromatic heterocycles. The highest BCUT2D eigenvalue weighted by molar-refractivity contribution is 7.17. The Morgan fingerprint density at radius 1 is 1.22 bits per heavy atom. The summed E-state index contributed by atoms with van der Waals surface area (Å²) in [6, 6.07) is 0.828. The van der Waals surface area contributed by atoms with E-state index >= 15 is 0 Å². The molecule has 1 saturated carbocycles. The first kappa shape index (κ1) is 12.1. The van der Waals surface area contributed by atoms with Crippen molar-refractivity contribution in [1.82, 2.24) is 9.88 Å². The Morgan fingerprint density at radius 3 is 2.56 bits per heavy atom. The molecular formula is C13H19N3OS. The van der Waals surface area contributed by atoms with Crippen LogP contribution in [0.5, 0.6) is 0 Å². The SMILES string of the molecule is O=Cc1cnc(N2CCN(C3CCCC3)CC2)s1. The van der Waals surface area contributed by atoms with E-state index in [0.717, 1.165) is 48.5 Å². The van der Waals surface area contributed by atoms with Gasteiger partial charge in [-0.2, -0.15) is 0 Å². The van der Waals surface area contributed by atoms with Gasteiger partial charge in [-0.3, -0.25) is 9.69 Å². The van der Waals surface area contributed by atoms with Crippen LogP contribution in [0.25, 0.3) is 0 Å². The summed E-state index contributed by atoms with van der Waals surface area (Å²) >= 11 is 1.50. The molecule has 4 nitrogen and oxygen atoms in total. The molecular weight excluding hydrogens is 246 g/mol. The maximum absolute atomic E-state index is 10.7. The van der Waals surface area contributed by atoms with Gasteiger partial charge in [0.15, 0.2) is 11.4 Å². The fourth-order valence-electron chi connectivity index (χ4n) is 3.03. The van der Waals surface area contributed by atoms with E-state index in [9.17, 15) is 4.79 Å². The highest BCUT2D eigenvalue weighted by atomic mass is 32.1. The van der Waals surface area contributed by atoms with E-state index in [1.807, 2.05) is 0 Å². The summed E-state index contributed by atoms with van der Waals surface area (Å²) in [4.78, 5) is 20.7. The van der Waals surface area contributed by atoms with E-state index in [-0.39, 0.29) is 0 Å². The molecule has 0 atom stereocenters. The zero-order valence-corrected chi connectivity index (χ0v) is 11.4. The summed E-state index contributed by atoms with van der Waals surface area (Å²) in [5.41, 5.74) is 0. The molecule has 0 N–H and O–H groups in total. The lowest BCUT2D eigenvalue weighted by molar-refractivity contribution is 0.112. The number of piperazine rings is 1. The average Bonchev–Trinajstić information content (AvgIpc) is 3.10. The van der Waals surface area contributed by atoms with Gasteiger partial charge in [0.2, 0.25) is 0 Å². The molecule has 2 aliphatic rings. The molecule has 0 radical (unpaired) electrons. The van der Waals surface area contributed by atoms with Crippen LogP contribution in [-0.2, 0) is 0 Å². The summed E-state index contributed by atoms with van der Waals surface area (Å²) < 4.78 is 0. The van der Waals surface area contributed by atoms with Gasteiger partial charge in [-0.05, 0) is 12.8 Å². The molecule has 5 heteroatoms. The number of hydrogen-bond acceptors (Lipinski definition) is 5. The molecule has 0 aromatic carbocycles. The second kappa shape index (κ2) is 5.36. The van der Waals surface area contributed by atoms with Crippen LogP contribution in [0.15, 0.2) is 6.20 Å². The van der Waals surface area contributed by atoms with E-state index in [1.54, 1.807) is 6.20 Å². The van der Waals surface area contributed by atoms with E-state index in [0.29, 0.717) is 0 Å². The van der Waals surface area contributed by atoms with Crippen molar-refractivity contribution < 1.29 is 4.79 Å². The maximum atomic E-state index is 10.7. The summed E-state index contributed by atoms with van der Waals surface area (Å²) in [5, 5.41) is 1.00. The fourth-order valence-corrected chi connectivity index (χ4v) is 3.81. The molecule has 0 unspecified atom stereocenters. The standard InChI is InChI=1S/C13H19N3OS/c17-10-12-9-14-13(18-12)16-7-5-15(6-8-16)11-3-1-2-4-11/h9-11H,1-8H2. The van der Waals surface area contributed by atoms with Gasteiger partial charge < -0.3 is 4.90 Å². The average molecular weight is 265 g/mol. The number of thiazole rings is 1. The lowest BCUT2D eigenvalue weighted by Gasteiger charge is -2.37. The summed E-state index contributed by atoms with van der Waals surface area (Å²) in [7, 11) is 0. The Hall–Kier alpha value is -0.940. The van der Waals surface area contributed by atoms with Crippen molar-refractivity contribution in [1.29, 1.82) is 0 Å². The van der Waals surface area contributed by atoms with E-state index < -0.39 is 0 Å². The number of aromatic nitrogens is 1. The Kier molecular flexibility index (Phi) is 3.61. The molecule has 1 aliphatic carbocycles. The lowest BCUT2D eigenvalue weighted by Crippen LogP contribution is -2.49. The second-order valence-corrected chi connectivity index (χ2v) is 6.17. The monoisotopic (exact) mass is 265 g/mol. The van der Waals surface area contributed by atoms with Crippen molar-refractivity contribution in [3.8, 4) is 0 Å². The van der Waals surface area contributed by atoms with Gasteiger partial charge in [0.1, 0.15) is 0 Å². The van der Waals surface area contributed by atoms with Crippen molar-refractivity contribution in [2.45, 2.75) is 31.7 Å². The number of rotatable bonds is 3. The van der Waals surface area contributed by atoms with Gasteiger partial charge in [-0.1, -0.05) is 24.2 Å². The Balaban J connectivity index is 1.57. The van der Waals surface area contributed by atoms with Gasteiger partial charge in [-0.15, -0.1) is 0 Å². The second-order valence-electron chi connectivity index (χ2n) is 5.12.